The number of amides is 4. The summed E-state index contributed by atoms with van der Waals surface area (Å²) in [4.78, 5) is 65.9. The zero-order valence-corrected chi connectivity index (χ0v) is 27.6. The topological polar surface area (TPSA) is 106 Å². The van der Waals surface area contributed by atoms with Crippen LogP contribution >= 0.6 is 0 Å². The summed E-state index contributed by atoms with van der Waals surface area (Å²) < 4.78 is 33.3. The molecule has 0 unspecified atom stereocenters. The maximum atomic E-state index is 14.3. The lowest BCUT2D eigenvalue weighted by Crippen LogP contribution is -2.59. The van der Waals surface area contributed by atoms with Crippen LogP contribution in [0.15, 0.2) is 0 Å². The van der Waals surface area contributed by atoms with Gasteiger partial charge in [0, 0.05) is 89.6 Å². The Morgan fingerprint density at radius 1 is 0.830 bits per heavy atom. The lowest BCUT2D eigenvalue weighted by molar-refractivity contribution is -0.147. The molecule has 0 radical (unpaired) electrons. The molecule has 8 fully saturated rings. The second-order valence-electron chi connectivity index (χ2n) is 15.2. The van der Waals surface area contributed by atoms with Crippen LogP contribution in [0.4, 0.5) is 8.78 Å². The van der Waals surface area contributed by atoms with Crippen molar-refractivity contribution in [2.75, 3.05) is 65.6 Å². The second kappa shape index (κ2) is 13.9. The average Bonchev–Trinajstić information content (AvgIpc) is 3.74. The van der Waals surface area contributed by atoms with Crippen molar-refractivity contribution in [1.29, 1.82) is 0 Å². The van der Waals surface area contributed by atoms with Crippen LogP contribution in [-0.4, -0.2) is 150 Å². The van der Waals surface area contributed by atoms with E-state index in [0.29, 0.717) is 91.1 Å². The smallest absolute Gasteiger partial charge is 0.248 e. The zero-order valence-electron chi connectivity index (χ0n) is 27.6. The molecule has 7 saturated heterocycles. The molecule has 1 aliphatic carbocycles. The molecule has 8 aliphatic rings. The van der Waals surface area contributed by atoms with Crippen LogP contribution in [0.2, 0.25) is 0 Å². The molecule has 5 atom stereocenters. The van der Waals surface area contributed by atoms with Crippen LogP contribution in [-0.2, 0) is 23.9 Å². The van der Waals surface area contributed by atoms with E-state index in [1.54, 1.807) is 4.90 Å². The highest BCUT2D eigenvalue weighted by Gasteiger charge is 2.48. The number of rotatable bonds is 4. The normalized spacial score (nSPS) is 34.8. The van der Waals surface area contributed by atoms with Gasteiger partial charge in [0.15, 0.2) is 0 Å². The van der Waals surface area contributed by atoms with E-state index >= 15 is 0 Å². The van der Waals surface area contributed by atoms with E-state index < -0.39 is 12.0 Å². The van der Waals surface area contributed by atoms with Gasteiger partial charge in [0.25, 0.3) is 0 Å². The lowest BCUT2D eigenvalue weighted by atomic mass is 9.80. The van der Waals surface area contributed by atoms with Gasteiger partial charge in [-0.25, -0.2) is 8.78 Å². The van der Waals surface area contributed by atoms with Gasteiger partial charge in [-0.05, 0) is 69.7 Å². The molecule has 0 aromatic carbocycles. The quantitative estimate of drug-likeness (QED) is 0.489. The summed E-state index contributed by atoms with van der Waals surface area (Å²) in [5, 5.41) is 3.56. The van der Waals surface area contributed by atoms with Crippen molar-refractivity contribution in [3.63, 3.8) is 0 Å². The largest absolute Gasteiger partial charge is 0.378 e. The second-order valence-corrected chi connectivity index (χ2v) is 15.2. The summed E-state index contributed by atoms with van der Waals surface area (Å²) in [7, 11) is 0. The summed E-state index contributed by atoms with van der Waals surface area (Å²) in [6.07, 6.45) is 5.54. The van der Waals surface area contributed by atoms with Crippen molar-refractivity contribution < 1.29 is 32.7 Å². The van der Waals surface area contributed by atoms with E-state index in [9.17, 15) is 28.0 Å². The highest BCUT2D eigenvalue weighted by Crippen LogP contribution is 2.37. The first-order valence-corrected chi connectivity index (χ1v) is 18.3. The third kappa shape index (κ3) is 7.04. The molecule has 11 nitrogen and oxygen atoms in total. The molecule has 262 valence electrons. The molecule has 4 bridgehead atoms. The van der Waals surface area contributed by atoms with Crippen LogP contribution in [0, 0.1) is 11.8 Å². The number of morpholine rings is 1. The monoisotopic (exact) mass is 662 g/mol. The van der Waals surface area contributed by atoms with Gasteiger partial charge in [-0.3, -0.25) is 24.1 Å². The van der Waals surface area contributed by atoms with Crippen LogP contribution in [0.3, 0.4) is 0 Å². The van der Waals surface area contributed by atoms with E-state index in [1.807, 2.05) is 14.7 Å². The molecule has 0 aromatic rings. The first-order chi connectivity index (χ1) is 22.7. The third-order valence-electron chi connectivity index (χ3n) is 12.4. The number of ether oxygens (including phenoxy) is 1. The number of halogens is 2. The number of fused-ring (bicyclic) bond motifs is 3. The third-order valence-corrected chi connectivity index (χ3v) is 12.4. The molecule has 47 heavy (non-hydrogen) atoms. The predicted octanol–water partition coefficient (Wildman–Crippen LogP) is 1.70. The predicted molar refractivity (Wildman–Crippen MR) is 168 cm³/mol. The molecule has 7 aliphatic heterocycles. The van der Waals surface area contributed by atoms with Crippen LogP contribution in [0.5, 0.6) is 0 Å². The summed E-state index contributed by atoms with van der Waals surface area (Å²) >= 11 is 0. The van der Waals surface area contributed by atoms with Crippen molar-refractivity contribution in [2.24, 2.45) is 11.8 Å². The van der Waals surface area contributed by atoms with Crippen LogP contribution in [0.1, 0.15) is 77.0 Å². The number of hydrogen-bond donors (Lipinski definition) is 1. The molecular formula is C34H52F2N6O5. The minimum atomic E-state index is -2.64. The summed E-state index contributed by atoms with van der Waals surface area (Å²) in [6, 6.07) is -1.01. The highest BCUT2D eigenvalue weighted by atomic mass is 19.3. The molecular weight excluding hydrogens is 610 g/mol. The van der Waals surface area contributed by atoms with Crippen molar-refractivity contribution in [1.82, 2.24) is 29.8 Å². The van der Waals surface area contributed by atoms with E-state index in [4.69, 9.17) is 4.74 Å². The Kier molecular flexibility index (Phi) is 9.77. The molecule has 1 saturated carbocycles. The van der Waals surface area contributed by atoms with Gasteiger partial charge in [-0.15, -0.1) is 0 Å². The Hall–Kier alpha value is -2.38. The molecule has 0 spiro atoms. The molecule has 4 amide bonds. The van der Waals surface area contributed by atoms with E-state index in [1.165, 1.54) is 0 Å². The number of carbonyl (C=O) groups excluding carboxylic acids is 4. The van der Waals surface area contributed by atoms with Gasteiger partial charge in [0.2, 0.25) is 29.6 Å². The fourth-order valence-electron chi connectivity index (χ4n) is 9.66. The number of hydrogen-bond acceptors (Lipinski definition) is 7. The zero-order chi connectivity index (χ0) is 32.7. The number of nitrogens with zero attached hydrogens (tertiary/aromatic N) is 5. The fraction of sp³-hybridized carbons (Fsp3) is 0.882. The van der Waals surface area contributed by atoms with Crippen molar-refractivity contribution in [2.45, 2.75) is 113 Å². The first kappa shape index (κ1) is 33.1. The van der Waals surface area contributed by atoms with Crippen molar-refractivity contribution in [3.8, 4) is 0 Å². The van der Waals surface area contributed by atoms with Gasteiger partial charge in [-0.2, -0.15) is 0 Å². The minimum absolute atomic E-state index is 0.0387. The molecule has 8 rings (SSSR count). The summed E-state index contributed by atoms with van der Waals surface area (Å²) in [5.41, 5.74) is 0. The fourth-order valence-corrected chi connectivity index (χ4v) is 9.66. The van der Waals surface area contributed by atoms with E-state index in [-0.39, 0.29) is 78.9 Å². The van der Waals surface area contributed by atoms with Gasteiger partial charge in [0.1, 0.15) is 6.04 Å². The molecule has 1 N–H and O–H groups in total. The first-order valence-electron chi connectivity index (χ1n) is 18.3. The number of piperidine rings is 2. The van der Waals surface area contributed by atoms with E-state index in [2.05, 4.69) is 10.2 Å². The van der Waals surface area contributed by atoms with Gasteiger partial charge in [-0.1, -0.05) is 0 Å². The molecule has 13 heteroatoms. The Morgan fingerprint density at radius 2 is 1.55 bits per heavy atom. The number of nitrogens with one attached hydrogen (secondary N) is 1. The van der Waals surface area contributed by atoms with Gasteiger partial charge in [0.05, 0.1) is 19.3 Å². The van der Waals surface area contributed by atoms with Crippen molar-refractivity contribution in [3.05, 3.63) is 0 Å². The number of carbonyl (C=O) groups is 4. The Balaban J connectivity index is 1.14. The standard InChI is InChI=1S/C34H52F2N6O5/c35-34(36)9-3-25(4-10-34)37-27-8-15-42-30(44)21-24-22-40(12-5-23(24)20-29(43)38-16-18-47-19-17-38)32(45)28-2-1-11-41(28)26-6-13-39(14-7-26)33(46)31(27)42/h23-28,31,37H,1-22H2/t23-,24-,27+,28-,31-/m0/s1. The maximum absolute atomic E-state index is 14.3. The Labute approximate surface area is 276 Å². The average molecular weight is 663 g/mol. The lowest BCUT2D eigenvalue weighted by Gasteiger charge is -2.43. The van der Waals surface area contributed by atoms with Gasteiger partial charge >= 0.3 is 0 Å². The minimum Gasteiger partial charge on any atom is -0.378 e. The Morgan fingerprint density at radius 3 is 2.30 bits per heavy atom. The number of alkyl halides is 2. The molecule has 7 heterocycles. The van der Waals surface area contributed by atoms with Crippen molar-refractivity contribution >= 4 is 23.6 Å². The molecule has 0 aromatic heterocycles. The van der Waals surface area contributed by atoms with E-state index in [0.717, 1.165) is 32.2 Å². The summed E-state index contributed by atoms with van der Waals surface area (Å²) in [6.45, 7) is 5.69. The SMILES string of the molecule is O=C(C[C@@H]1CCN2C[C@@H]1CC(=O)N1CC[C@@H](NC3CCC(F)(F)CC3)[C@H]1C(=O)N1CCC(CC1)N1CCC[C@H]1C2=O)N1CCOCC1. The summed E-state index contributed by atoms with van der Waals surface area (Å²) in [5.74, 6) is -2.81. The van der Waals surface area contributed by atoms with Gasteiger partial charge < -0.3 is 29.7 Å². The Bertz CT molecular complexity index is 1180. The van der Waals surface area contributed by atoms with Crippen LogP contribution < -0.4 is 5.32 Å². The van der Waals surface area contributed by atoms with Crippen LogP contribution in [0.25, 0.3) is 0 Å². The highest BCUT2D eigenvalue weighted by molar-refractivity contribution is 5.89. The maximum Gasteiger partial charge on any atom is 0.248 e.